The van der Waals surface area contributed by atoms with Gasteiger partial charge in [-0.05, 0) is 103 Å². The van der Waals surface area contributed by atoms with Crippen molar-refractivity contribution in [2.24, 2.45) is 0 Å². The maximum atomic E-state index is 13.9. The second kappa shape index (κ2) is 16.0. The van der Waals surface area contributed by atoms with Crippen molar-refractivity contribution in [3.63, 3.8) is 0 Å². The zero-order valence-corrected chi connectivity index (χ0v) is 26.8. The molecule has 0 aromatic heterocycles. The van der Waals surface area contributed by atoms with Crippen LogP contribution in [0.4, 0.5) is 4.39 Å². The molecule has 0 spiro atoms. The molecule has 47 heavy (non-hydrogen) atoms. The number of aryl methyl sites for hydroxylation is 1. The summed E-state index contributed by atoms with van der Waals surface area (Å²) in [5, 5.41) is 16.1. The van der Waals surface area contributed by atoms with Crippen LogP contribution in [-0.4, -0.2) is 42.8 Å². The zero-order valence-electron chi connectivity index (χ0n) is 26.8. The molecule has 8 nitrogen and oxygen atoms in total. The number of carbonyl (C=O) groups is 1. The van der Waals surface area contributed by atoms with Crippen molar-refractivity contribution in [3.8, 4) is 40.2 Å². The monoisotopic (exact) mass is 638 g/mol. The van der Waals surface area contributed by atoms with E-state index < -0.39 is 5.82 Å². The van der Waals surface area contributed by atoms with Crippen molar-refractivity contribution in [2.75, 3.05) is 26.3 Å². The number of piperidine rings is 1. The van der Waals surface area contributed by atoms with Gasteiger partial charge in [-0.3, -0.25) is 9.69 Å². The predicted octanol–water partition coefficient (Wildman–Crippen LogP) is 7.60. The number of hydrogen-bond donors (Lipinski definition) is 1. The van der Waals surface area contributed by atoms with Crippen LogP contribution in [-0.2, 0) is 24.6 Å². The molecule has 0 bridgehead atoms. The molecule has 244 valence electrons. The molecule has 0 unspecified atom stereocenters. The molecule has 4 aromatic carbocycles. The van der Waals surface area contributed by atoms with Gasteiger partial charge in [-0.15, -0.1) is 0 Å². The fourth-order valence-electron chi connectivity index (χ4n) is 5.93. The van der Waals surface area contributed by atoms with Crippen LogP contribution >= 0.6 is 0 Å². The van der Waals surface area contributed by atoms with E-state index in [-0.39, 0.29) is 18.6 Å². The summed E-state index contributed by atoms with van der Waals surface area (Å²) in [6.45, 7) is 8.61. The van der Waals surface area contributed by atoms with Crippen LogP contribution in [0.1, 0.15) is 52.6 Å². The summed E-state index contributed by atoms with van der Waals surface area (Å²) in [7, 11) is 0. The molecule has 1 N–H and O–H groups in total. The second-order valence-corrected chi connectivity index (χ2v) is 11.6. The average Bonchev–Trinajstić information content (AvgIpc) is 3.09. The van der Waals surface area contributed by atoms with E-state index in [1.54, 1.807) is 12.1 Å². The summed E-state index contributed by atoms with van der Waals surface area (Å²) in [6, 6.07) is 22.9. The minimum absolute atomic E-state index is 0.0152. The van der Waals surface area contributed by atoms with Gasteiger partial charge in [-0.2, -0.15) is 5.26 Å². The highest BCUT2D eigenvalue weighted by Gasteiger charge is 2.18. The van der Waals surface area contributed by atoms with E-state index in [2.05, 4.69) is 49.1 Å². The van der Waals surface area contributed by atoms with Crippen LogP contribution in [0.15, 0.2) is 66.7 Å². The third-order valence-electron chi connectivity index (χ3n) is 8.43. The number of benzene rings is 4. The molecule has 0 amide bonds. The van der Waals surface area contributed by atoms with Crippen molar-refractivity contribution >= 4 is 6.47 Å². The van der Waals surface area contributed by atoms with Gasteiger partial charge in [0, 0.05) is 18.2 Å². The minimum atomic E-state index is -0.526. The van der Waals surface area contributed by atoms with Crippen molar-refractivity contribution in [2.45, 2.75) is 52.9 Å². The zero-order chi connectivity index (χ0) is 33.2. The summed E-state index contributed by atoms with van der Waals surface area (Å²) in [5.41, 5.74) is 7.31. The molecule has 0 radical (unpaired) electrons. The van der Waals surface area contributed by atoms with E-state index in [1.165, 1.54) is 25.3 Å². The minimum Gasteiger partial charge on any atom is -0.488 e. The molecular formula is C38H39FN2O6. The Morgan fingerprint density at radius 2 is 1.64 bits per heavy atom. The molecule has 0 aliphatic carbocycles. The largest absolute Gasteiger partial charge is 0.488 e. The highest BCUT2D eigenvalue weighted by molar-refractivity contribution is 5.71. The third-order valence-corrected chi connectivity index (χ3v) is 8.43. The average molecular weight is 639 g/mol. The maximum absolute atomic E-state index is 13.9. The van der Waals surface area contributed by atoms with Crippen LogP contribution in [0.5, 0.6) is 23.0 Å². The fourth-order valence-corrected chi connectivity index (χ4v) is 5.93. The third kappa shape index (κ3) is 8.40. The first-order valence-corrected chi connectivity index (χ1v) is 15.8. The summed E-state index contributed by atoms with van der Waals surface area (Å²) in [5.74, 6) is 2.51. The Morgan fingerprint density at radius 1 is 0.894 bits per heavy atom. The fraction of sp³-hybridized carbons (Fsp3) is 0.316. The lowest BCUT2D eigenvalue weighted by atomic mass is 9.96. The highest BCUT2D eigenvalue weighted by Crippen LogP contribution is 2.37. The van der Waals surface area contributed by atoms with Crippen LogP contribution < -0.4 is 18.9 Å². The van der Waals surface area contributed by atoms with Gasteiger partial charge in [0.1, 0.15) is 49.8 Å². The van der Waals surface area contributed by atoms with Crippen LogP contribution in [0.3, 0.4) is 0 Å². The summed E-state index contributed by atoms with van der Waals surface area (Å²) in [6.07, 6.45) is 3.67. The van der Waals surface area contributed by atoms with E-state index in [9.17, 15) is 9.65 Å². The van der Waals surface area contributed by atoms with E-state index in [4.69, 9.17) is 28.8 Å². The Bertz CT molecular complexity index is 1750. The maximum Gasteiger partial charge on any atom is 0.290 e. The van der Waals surface area contributed by atoms with Crippen molar-refractivity contribution in [3.05, 3.63) is 106 Å². The first-order valence-electron chi connectivity index (χ1n) is 15.8. The first-order chi connectivity index (χ1) is 22.9. The lowest BCUT2D eigenvalue weighted by molar-refractivity contribution is -0.122. The molecule has 1 fully saturated rings. The first kappa shape index (κ1) is 33.3. The number of nitrogens with zero attached hydrogens (tertiary/aromatic N) is 2. The predicted molar refractivity (Wildman–Crippen MR) is 176 cm³/mol. The van der Waals surface area contributed by atoms with Crippen LogP contribution in [0.2, 0.25) is 0 Å². The smallest absolute Gasteiger partial charge is 0.290 e. The number of hydrogen-bond acceptors (Lipinski definition) is 7. The summed E-state index contributed by atoms with van der Waals surface area (Å²) < 4.78 is 38.2. The van der Waals surface area contributed by atoms with E-state index in [1.807, 2.05) is 24.3 Å². The van der Waals surface area contributed by atoms with Crippen molar-refractivity contribution < 1.29 is 33.2 Å². The molecule has 2 aliphatic rings. The molecule has 9 heteroatoms. The molecule has 0 saturated carbocycles. The van der Waals surface area contributed by atoms with Gasteiger partial charge >= 0.3 is 0 Å². The van der Waals surface area contributed by atoms with E-state index >= 15 is 0 Å². The molecule has 4 aromatic rings. The Kier molecular flexibility index (Phi) is 11.3. The van der Waals surface area contributed by atoms with Gasteiger partial charge in [0.25, 0.3) is 6.47 Å². The van der Waals surface area contributed by atoms with Gasteiger partial charge in [0.15, 0.2) is 11.5 Å². The molecule has 2 aliphatic heterocycles. The number of rotatable bonds is 9. The lowest BCUT2D eigenvalue weighted by Gasteiger charge is -2.27. The van der Waals surface area contributed by atoms with Crippen molar-refractivity contribution in [1.82, 2.24) is 4.90 Å². The van der Waals surface area contributed by atoms with Gasteiger partial charge in [-0.25, -0.2) is 4.39 Å². The van der Waals surface area contributed by atoms with Gasteiger partial charge in [0.05, 0.1) is 5.56 Å². The topological polar surface area (TPSA) is 101 Å². The molecule has 2 heterocycles. The summed E-state index contributed by atoms with van der Waals surface area (Å²) in [4.78, 5) is 10.8. The van der Waals surface area contributed by atoms with Gasteiger partial charge < -0.3 is 24.1 Å². The van der Waals surface area contributed by atoms with Crippen LogP contribution in [0.25, 0.3) is 11.1 Å². The SMILES string of the molecule is Cc1cc(CN2CCCCC2)c(OCc2ccc(F)c(C#N)c2)cc1OCc1cccc(-c2ccc3c(c2)OCCO3)c1C.O=CO. The normalized spacial score (nSPS) is 13.9. The number of likely N-dealkylation sites (tertiary alicyclic amines) is 1. The standard InChI is InChI=1S/C37H37FN2O4.CH2O2/c1-25-17-31(22-40-13-4-3-5-14-40)36(43-23-27-9-11-33(38)30(18-27)21-39)20-35(25)44-24-29-7-6-8-32(26(29)2)28-10-12-34-37(19-28)42-16-15-41-34;2-1-3/h6-12,17-20H,3-5,13-16,22-24H2,1-2H3;1H,(H,2,3). The Morgan fingerprint density at radius 3 is 2.40 bits per heavy atom. The van der Waals surface area contributed by atoms with Crippen LogP contribution in [0, 0.1) is 31.0 Å². The van der Waals surface area contributed by atoms with E-state index in [0.717, 1.165) is 81.6 Å². The molecule has 0 atom stereocenters. The Hall–Kier alpha value is -5.07. The number of halogens is 1. The number of ether oxygens (including phenoxy) is 4. The quantitative estimate of drug-likeness (QED) is 0.187. The molecule has 1 saturated heterocycles. The number of fused-ring (bicyclic) bond motifs is 1. The Balaban J connectivity index is 0.00000139. The lowest BCUT2D eigenvalue weighted by Crippen LogP contribution is -2.29. The highest BCUT2D eigenvalue weighted by atomic mass is 19.1. The molecule has 6 rings (SSSR count). The van der Waals surface area contributed by atoms with Crippen molar-refractivity contribution in [1.29, 1.82) is 5.26 Å². The second-order valence-electron chi connectivity index (χ2n) is 11.6. The summed E-state index contributed by atoms with van der Waals surface area (Å²) >= 11 is 0. The molecular weight excluding hydrogens is 599 g/mol. The van der Waals surface area contributed by atoms with E-state index in [0.29, 0.717) is 19.8 Å². The number of nitriles is 1. The van der Waals surface area contributed by atoms with Gasteiger partial charge in [-0.1, -0.05) is 36.8 Å². The Labute approximate surface area is 274 Å². The number of carboxylic acid groups (broad SMARTS) is 1. The van der Waals surface area contributed by atoms with Gasteiger partial charge in [0.2, 0.25) is 0 Å².